The van der Waals surface area contributed by atoms with E-state index in [9.17, 15) is 9.59 Å². The second kappa shape index (κ2) is 6.31. The first kappa shape index (κ1) is 15.8. The third-order valence-electron chi connectivity index (χ3n) is 5.18. The summed E-state index contributed by atoms with van der Waals surface area (Å²) in [6.45, 7) is 4.61. The number of likely N-dealkylation sites (tertiary alicyclic amines) is 2. The van der Waals surface area contributed by atoms with Crippen molar-refractivity contribution in [2.24, 2.45) is 11.8 Å². The lowest BCUT2D eigenvalue weighted by atomic mass is 10.0. The lowest BCUT2D eigenvalue weighted by Gasteiger charge is -2.22. The van der Waals surface area contributed by atoms with Gasteiger partial charge >= 0.3 is 0 Å². The van der Waals surface area contributed by atoms with E-state index in [0.717, 1.165) is 12.1 Å². The first-order chi connectivity index (χ1) is 12.1. The van der Waals surface area contributed by atoms with Gasteiger partial charge in [0.15, 0.2) is 0 Å². The monoisotopic (exact) mass is 335 g/mol. The predicted molar refractivity (Wildman–Crippen MR) is 93.7 cm³/mol. The molecule has 3 heterocycles. The summed E-state index contributed by atoms with van der Waals surface area (Å²) in [6.07, 6.45) is 3.24. The molecule has 25 heavy (non-hydrogen) atoms. The van der Waals surface area contributed by atoms with E-state index in [2.05, 4.69) is 30.1 Å². The van der Waals surface area contributed by atoms with E-state index >= 15 is 0 Å². The van der Waals surface area contributed by atoms with E-state index in [-0.39, 0.29) is 23.7 Å². The Morgan fingerprint density at radius 2 is 2.08 bits per heavy atom. The van der Waals surface area contributed by atoms with Crippen LogP contribution in [0.15, 0.2) is 48.8 Å². The molecule has 2 aliphatic rings. The molecule has 5 heteroatoms. The Bertz CT molecular complexity index is 806. The number of fused-ring (bicyclic) bond motifs is 1. The fourth-order valence-electron chi connectivity index (χ4n) is 3.95. The van der Waals surface area contributed by atoms with Gasteiger partial charge in [0.05, 0.1) is 11.5 Å². The molecule has 0 N–H and O–H groups in total. The van der Waals surface area contributed by atoms with Gasteiger partial charge in [0, 0.05) is 44.5 Å². The van der Waals surface area contributed by atoms with Gasteiger partial charge in [-0.3, -0.25) is 14.6 Å². The average Bonchev–Trinajstić information content (AvgIpc) is 3.15. The number of rotatable bonds is 3. The van der Waals surface area contributed by atoms with Gasteiger partial charge < -0.3 is 9.80 Å². The van der Waals surface area contributed by atoms with Crippen LogP contribution in [0.25, 0.3) is 0 Å². The number of aromatic nitrogens is 1. The number of carbonyl (C=O) groups excluding carboxylic acids is 2. The molecule has 1 aromatic carbocycles. The van der Waals surface area contributed by atoms with Crippen molar-refractivity contribution in [1.82, 2.24) is 14.8 Å². The molecule has 0 saturated carbocycles. The quantitative estimate of drug-likeness (QED) is 0.863. The SMILES string of the molecule is Cc1cccc(CN2C[C@@H]3CN(C(=O)c4cccnc4)C[C@@H]3C2=O)c1. The second-order valence-electron chi connectivity index (χ2n) is 7.03. The lowest BCUT2D eigenvalue weighted by Crippen LogP contribution is -2.35. The summed E-state index contributed by atoms with van der Waals surface area (Å²) in [5.74, 6) is 0.317. The van der Waals surface area contributed by atoms with Crippen LogP contribution in [0.1, 0.15) is 21.5 Å². The van der Waals surface area contributed by atoms with Crippen molar-refractivity contribution < 1.29 is 9.59 Å². The minimum Gasteiger partial charge on any atom is -0.338 e. The summed E-state index contributed by atoms with van der Waals surface area (Å²) in [4.78, 5) is 33.1. The number of amides is 2. The van der Waals surface area contributed by atoms with Crippen LogP contribution in [0.5, 0.6) is 0 Å². The van der Waals surface area contributed by atoms with Crippen LogP contribution >= 0.6 is 0 Å². The molecule has 0 unspecified atom stereocenters. The normalized spacial score (nSPS) is 22.4. The molecule has 0 aliphatic carbocycles. The summed E-state index contributed by atoms with van der Waals surface area (Å²) in [6, 6.07) is 11.8. The molecule has 128 valence electrons. The molecule has 2 fully saturated rings. The molecular formula is C20H21N3O2. The Balaban J connectivity index is 1.42. The number of aryl methyl sites for hydroxylation is 1. The van der Waals surface area contributed by atoms with Gasteiger partial charge in [0.2, 0.25) is 5.91 Å². The third-order valence-corrected chi connectivity index (χ3v) is 5.18. The number of pyridine rings is 1. The fraction of sp³-hybridized carbons (Fsp3) is 0.350. The van der Waals surface area contributed by atoms with Gasteiger partial charge in [-0.25, -0.2) is 0 Å². The van der Waals surface area contributed by atoms with Crippen LogP contribution in [0.3, 0.4) is 0 Å². The van der Waals surface area contributed by atoms with E-state index in [1.165, 1.54) is 5.56 Å². The highest BCUT2D eigenvalue weighted by atomic mass is 16.2. The minimum absolute atomic E-state index is 0.0273. The van der Waals surface area contributed by atoms with Crippen molar-refractivity contribution in [3.05, 3.63) is 65.5 Å². The second-order valence-corrected chi connectivity index (χ2v) is 7.03. The van der Waals surface area contributed by atoms with Gasteiger partial charge in [-0.15, -0.1) is 0 Å². The van der Waals surface area contributed by atoms with E-state index in [1.54, 1.807) is 29.4 Å². The Kier molecular flexibility index (Phi) is 3.99. The zero-order chi connectivity index (χ0) is 17.4. The molecule has 5 nitrogen and oxygen atoms in total. The van der Waals surface area contributed by atoms with Crippen LogP contribution in [0.2, 0.25) is 0 Å². The summed E-state index contributed by atoms with van der Waals surface area (Å²) in [7, 11) is 0. The highest BCUT2D eigenvalue weighted by Gasteiger charge is 2.47. The summed E-state index contributed by atoms with van der Waals surface area (Å²) in [5.41, 5.74) is 2.96. The third kappa shape index (κ3) is 3.02. The van der Waals surface area contributed by atoms with Crippen molar-refractivity contribution in [3.8, 4) is 0 Å². The number of hydrogen-bond donors (Lipinski definition) is 0. The van der Waals surface area contributed by atoms with Crippen LogP contribution in [0.4, 0.5) is 0 Å². The zero-order valence-corrected chi connectivity index (χ0v) is 14.3. The highest BCUT2D eigenvalue weighted by Crippen LogP contribution is 2.33. The van der Waals surface area contributed by atoms with Crippen LogP contribution in [0, 0.1) is 18.8 Å². The summed E-state index contributed by atoms with van der Waals surface area (Å²) >= 11 is 0. The standard InChI is InChI=1S/C20H21N3O2/c1-14-4-2-5-15(8-14)10-22-11-17-12-23(13-18(17)20(22)25)19(24)16-6-3-7-21-9-16/h2-9,17-18H,10-13H2,1H3/t17-,18+/m1/s1. The molecule has 4 rings (SSSR count). The maximum absolute atomic E-state index is 12.8. The highest BCUT2D eigenvalue weighted by molar-refractivity contribution is 5.95. The number of carbonyl (C=O) groups is 2. The number of hydrogen-bond acceptors (Lipinski definition) is 3. The Labute approximate surface area is 147 Å². The van der Waals surface area contributed by atoms with Crippen molar-refractivity contribution in [2.45, 2.75) is 13.5 Å². The first-order valence-electron chi connectivity index (χ1n) is 8.65. The van der Waals surface area contributed by atoms with Crippen LogP contribution < -0.4 is 0 Å². The maximum atomic E-state index is 12.8. The van der Waals surface area contributed by atoms with Crippen molar-refractivity contribution in [1.29, 1.82) is 0 Å². The predicted octanol–water partition coefficient (Wildman–Crippen LogP) is 2.12. The number of benzene rings is 1. The first-order valence-corrected chi connectivity index (χ1v) is 8.65. The topological polar surface area (TPSA) is 53.5 Å². The summed E-state index contributed by atoms with van der Waals surface area (Å²) < 4.78 is 0. The van der Waals surface area contributed by atoms with Gasteiger partial charge in [0.1, 0.15) is 0 Å². The van der Waals surface area contributed by atoms with Gasteiger partial charge in [-0.05, 0) is 24.6 Å². The average molecular weight is 335 g/mol. The molecule has 0 radical (unpaired) electrons. The van der Waals surface area contributed by atoms with Gasteiger partial charge in [-0.2, -0.15) is 0 Å². The molecular weight excluding hydrogens is 314 g/mol. The van der Waals surface area contributed by atoms with Gasteiger partial charge in [0.25, 0.3) is 5.91 Å². The van der Waals surface area contributed by atoms with Crippen LogP contribution in [-0.4, -0.2) is 46.2 Å². The largest absolute Gasteiger partial charge is 0.338 e. The molecule has 1 aromatic heterocycles. The molecule has 2 aromatic rings. The molecule has 2 amide bonds. The Hall–Kier alpha value is -2.69. The molecule has 2 atom stereocenters. The maximum Gasteiger partial charge on any atom is 0.255 e. The van der Waals surface area contributed by atoms with Crippen molar-refractivity contribution >= 4 is 11.8 Å². The molecule has 0 spiro atoms. The van der Waals surface area contributed by atoms with Crippen LogP contribution in [-0.2, 0) is 11.3 Å². The Morgan fingerprint density at radius 3 is 2.80 bits per heavy atom. The zero-order valence-electron chi connectivity index (χ0n) is 14.3. The van der Waals surface area contributed by atoms with E-state index in [1.807, 2.05) is 11.0 Å². The van der Waals surface area contributed by atoms with Crippen molar-refractivity contribution in [3.63, 3.8) is 0 Å². The minimum atomic E-state index is -0.0644. The summed E-state index contributed by atoms with van der Waals surface area (Å²) in [5, 5.41) is 0. The lowest BCUT2D eigenvalue weighted by molar-refractivity contribution is -0.131. The molecule has 2 aliphatic heterocycles. The number of nitrogens with zero attached hydrogens (tertiary/aromatic N) is 3. The Morgan fingerprint density at radius 1 is 1.20 bits per heavy atom. The fourth-order valence-corrected chi connectivity index (χ4v) is 3.95. The van der Waals surface area contributed by atoms with E-state index < -0.39 is 0 Å². The van der Waals surface area contributed by atoms with Crippen molar-refractivity contribution in [2.75, 3.05) is 19.6 Å². The molecule has 2 saturated heterocycles. The van der Waals surface area contributed by atoms with E-state index in [4.69, 9.17) is 0 Å². The van der Waals surface area contributed by atoms with E-state index in [0.29, 0.717) is 25.2 Å². The molecule has 0 bridgehead atoms. The van der Waals surface area contributed by atoms with Gasteiger partial charge in [-0.1, -0.05) is 29.8 Å². The smallest absolute Gasteiger partial charge is 0.255 e.